The van der Waals surface area contributed by atoms with Gasteiger partial charge in [0.25, 0.3) is 0 Å². The van der Waals surface area contributed by atoms with Gasteiger partial charge in [-0.1, -0.05) is 30.3 Å². The molecule has 1 fully saturated rings. The molecule has 0 N–H and O–H groups in total. The highest BCUT2D eigenvalue weighted by Gasteiger charge is 2.25. The standard InChI is InChI=1S/C13H17NO2/c1-14(9-11-7-8-11)13(15)16-10-12-5-3-2-4-6-12/h2-6,11H,7-10H2,1H3. The molecule has 1 amide bonds. The third kappa shape index (κ3) is 3.26. The maximum atomic E-state index is 11.6. The SMILES string of the molecule is CN(CC1CC1)C(=O)OCc1ccccc1. The van der Waals surface area contributed by atoms with Crippen molar-refractivity contribution in [3.05, 3.63) is 35.9 Å². The molecule has 0 atom stereocenters. The van der Waals surface area contributed by atoms with Crippen molar-refractivity contribution in [3.63, 3.8) is 0 Å². The molecule has 1 saturated carbocycles. The average Bonchev–Trinajstić information content (AvgIpc) is 3.11. The third-order valence-electron chi connectivity index (χ3n) is 2.75. The number of ether oxygens (including phenoxy) is 1. The van der Waals surface area contributed by atoms with Crippen molar-refractivity contribution in [1.82, 2.24) is 4.90 Å². The molecule has 0 bridgehead atoms. The minimum atomic E-state index is -0.226. The molecule has 0 aliphatic heterocycles. The van der Waals surface area contributed by atoms with Crippen molar-refractivity contribution in [2.24, 2.45) is 5.92 Å². The number of hydrogen-bond acceptors (Lipinski definition) is 2. The monoisotopic (exact) mass is 219 g/mol. The number of carbonyl (C=O) groups excluding carboxylic acids is 1. The Labute approximate surface area is 96.0 Å². The lowest BCUT2D eigenvalue weighted by Crippen LogP contribution is -2.29. The smallest absolute Gasteiger partial charge is 0.409 e. The first-order chi connectivity index (χ1) is 7.75. The minimum absolute atomic E-state index is 0.226. The van der Waals surface area contributed by atoms with E-state index in [1.54, 1.807) is 11.9 Å². The highest BCUT2D eigenvalue weighted by Crippen LogP contribution is 2.29. The fraction of sp³-hybridized carbons (Fsp3) is 0.462. The van der Waals surface area contributed by atoms with Gasteiger partial charge in [-0.25, -0.2) is 4.79 Å². The summed E-state index contributed by atoms with van der Waals surface area (Å²) in [6.45, 7) is 1.18. The van der Waals surface area contributed by atoms with Crippen LogP contribution in [0.5, 0.6) is 0 Å². The van der Waals surface area contributed by atoms with Gasteiger partial charge in [0.2, 0.25) is 0 Å². The van der Waals surface area contributed by atoms with E-state index >= 15 is 0 Å². The molecular weight excluding hydrogens is 202 g/mol. The van der Waals surface area contributed by atoms with E-state index in [4.69, 9.17) is 4.74 Å². The van der Waals surface area contributed by atoms with Crippen molar-refractivity contribution >= 4 is 6.09 Å². The van der Waals surface area contributed by atoms with Gasteiger partial charge in [0, 0.05) is 13.6 Å². The predicted molar refractivity (Wildman–Crippen MR) is 62.0 cm³/mol. The van der Waals surface area contributed by atoms with Crippen LogP contribution in [-0.4, -0.2) is 24.6 Å². The maximum Gasteiger partial charge on any atom is 0.409 e. The van der Waals surface area contributed by atoms with Crippen molar-refractivity contribution in [2.45, 2.75) is 19.4 Å². The van der Waals surface area contributed by atoms with Crippen molar-refractivity contribution in [3.8, 4) is 0 Å². The lowest BCUT2D eigenvalue weighted by atomic mass is 10.2. The van der Waals surface area contributed by atoms with Crippen LogP contribution in [0.2, 0.25) is 0 Å². The van der Waals surface area contributed by atoms with Crippen LogP contribution in [0.4, 0.5) is 4.79 Å². The molecule has 0 aromatic heterocycles. The van der Waals surface area contributed by atoms with Gasteiger partial charge in [-0.2, -0.15) is 0 Å². The number of rotatable bonds is 4. The topological polar surface area (TPSA) is 29.5 Å². The first-order valence-electron chi connectivity index (χ1n) is 5.67. The fourth-order valence-corrected chi connectivity index (χ4v) is 1.59. The molecule has 3 heteroatoms. The van der Waals surface area contributed by atoms with E-state index in [0.29, 0.717) is 12.5 Å². The second-order valence-corrected chi connectivity index (χ2v) is 4.36. The highest BCUT2D eigenvalue weighted by molar-refractivity contribution is 5.67. The fourth-order valence-electron chi connectivity index (χ4n) is 1.59. The van der Waals surface area contributed by atoms with Crippen LogP contribution in [0.25, 0.3) is 0 Å². The molecule has 1 aliphatic carbocycles. The minimum Gasteiger partial charge on any atom is -0.445 e. The molecule has 16 heavy (non-hydrogen) atoms. The van der Waals surface area contributed by atoms with Crippen LogP contribution in [0, 0.1) is 5.92 Å². The van der Waals surface area contributed by atoms with Gasteiger partial charge in [-0.3, -0.25) is 0 Å². The summed E-state index contributed by atoms with van der Waals surface area (Å²) in [4.78, 5) is 13.3. The summed E-state index contributed by atoms with van der Waals surface area (Å²) < 4.78 is 5.21. The van der Waals surface area contributed by atoms with Gasteiger partial charge < -0.3 is 9.64 Å². The molecule has 2 rings (SSSR count). The van der Waals surface area contributed by atoms with Crippen LogP contribution in [0.3, 0.4) is 0 Å². The summed E-state index contributed by atoms with van der Waals surface area (Å²) >= 11 is 0. The summed E-state index contributed by atoms with van der Waals surface area (Å²) in [5.74, 6) is 0.703. The third-order valence-corrected chi connectivity index (χ3v) is 2.75. The van der Waals surface area contributed by atoms with Crippen molar-refractivity contribution in [2.75, 3.05) is 13.6 Å². The Bertz CT molecular complexity index is 346. The van der Waals surface area contributed by atoms with E-state index in [1.807, 2.05) is 30.3 Å². The number of hydrogen-bond donors (Lipinski definition) is 0. The van der Waals surface area contributed by atoms with Crippen LogP contribution in [-0.2, 0) is 11.3 Å². The van der Waals surface area contributed by atoms with E-state index in [-0.39, 0.29) is 6.09 Å². The largest absolute Gasteiger partial charge is 0.445 e. The molecular formula is C13H17NO2. The Morgan fingerprint density at radius 3 is 2.69 bits per heavy atom. The molecule has 1 aromatic carbocycles. The summed E-state index contributed by atoms with van der Waals surface area (Å²) in [7, 11) is 1.80. The van der Waals surface area contributed by atoms with Crippen molar-refractivity contribution < 1.29 is 9.53 Å². The number of nitrogens with zero attached hydrogens (tertiary/aromatic N) is 1. The first kappa shape index (κ1) is 11.0. The zero-order chi connectivity index (χ0) is 11.4. The van der Waals surface area contributed by atoms with Crippen LogP contribution in [0.1, 0.15) is 18.4 Å². The Balaban J connectivity index is 1.74. The molecule has 86 valence electrons. The average molecular weight is 219 g/mol. The van der Waals surface area contributed by atoms with Gasteiger partial charge in [0.05, 0.1) is 0 Å². The predicted octanol–water partition coefficient (Wildman–Crippen LogP) is 2.67. The zero-order valence-corrected chi connectivity index (χ0v) is 9.56. The molecule has 0 saturated heterocycles. The number of amides is 1. The quantitative estimate of drug-likeness (QED) is 0.779. The highest BCUT2D eigenvalue weighted by atomic mass is 16.6. The van der Waals surface area contributed by atoms with Crippen LogP contribution < -0.4 is 0 Å². The summed E-state index contributed by atoms with van der Waals surface area (Å²) in [5, 5.41) is 0. The molecule has 1 aromatic rings. The van der Waals surface area contributed by atoms with E-state index in [1.165, 1.54) is 12.8 Å². The van der Waals surface area contributed by atoms with E-state index in [2.05, 4.69) is 0 Å². The lowest BCUT2D eigenvalue weighted by molar-refractivity contribution is 0.103. The Morgan fingerprint density at radius 2 is 2.06 bits per heavy atom. The van der Waals surface area contributed by atoms with Gasteiger partial charge in [0.15, 0.2) is 0 Å². The molecule has 1 aliphatic rings. The van der Waals surface area contributed by atoms with Gasteiger partial charge in [0.1, 0.15) is 6.61 Å². The van der Waals surface area contributed by atoms with E-state index < -0.39 is 0 Å². The van der Waals surface area contributed by atoms with Gasteiger partial charge in [-0.15, -0.1) is 0 Å². The lowest BCUT2D eigenvalue weighted by Gasteiger charge is -2.16. The van der Waals surface area contributed by atoms with Crippen LogP contribution >= 0.6 is 0 Å². The molecule has 0 radical (unpaired) electrons. The zero-order valence-electron chi connectivity index (χ0n) is 9.56. The second-order valence-electron chi connectivity index (χ2n) is 4.36. The molecule has 0 unspecified atom stereocenters. The second kappa shape index (κ2) is 5.01. The van der Waals surface area contributed by atoms with E-state index in [0.717, 1.165) is 12.1 Å². The maximum absolute atomic E-state index is 11.6. The molecule has 3 nitrogen and oxygen atoms in total. The molecule has 0 heterocycles. The van der Waals surface area contributed by atoms with Gasteiger partial charge >= 0.3 is 6.09 Å². The molecule has 0 spiro atoms. The Morgan fingerprint density at radius 1 is 1.38 bits per heavy atom. The number of benzene rings is 1. The summed E-state index contributed by atoms with van der Waals surface area (Å²) in [6.07, 6.45) is 2.27. The Hall–Kier alpha value is -1.51. The number of carbonyl (C=O) groups is 1. The van der Waals surface area contributed by atoms with Gasteiger partial charge in [-0.05, 0) is 24.3 Å². The van der Waals surface area contributed by atoms with E-state index in [9.17, 15) is 4.79 Å². The summed E-state index contributed by atoms with van der Waals surface area (Å²) in [5.41, 5.74) is 1.02. The van der Waals surface area contributed by atoms with Crippen LogP contribution in [0.15, 0.2) is 30.3 Å². The van der Waals surface area contributed by atoms with Crippen molar-refractivity contribution in [1.29, 1.82) is 0 Å². The Kier molecular flexibility index (Phi) is 3.44. The normalized spacial score (nSPS) is 14.6. The summed E-state index contributed by atoms with van der Waals surface area (Å²) in [6, 6.07) is 9.74. The first-order valence-corrected chi connectivity index (χ1v) is 5.67.